The SMILES string of the molecule is Cc1cccc(NC(=O)c2cc3ccccc3o2)c1Br. The summed E-state index contributed by atoms with van der Waals surface area (Å²) in [6, 6.07) is 15.0. The van der Waals surface area contributed by atoms with E-state index in [4.69, 9.17) is 4.42 Å². The fraction of sp³-hybridized carbons (Fsp3) is 0.0625. The Labute approximate surface area is 124 Å². The van der Waals surface area contributed by atoms with Crippen molar-refractivity contribution in [2.24, 2.45) is 0 Å². The molecule has 0 aliphatic rings. The number of halogens is 1. The number of furan rings is 1. The van der Waals surface area contributed by atoms with Gasteiger partial charge in [-0.1, -0.05) is 30.3 Å². The molecule has 1 aromatic heterocycles. The minimum absolute atomic E-state index is 0.257. The first-order valence-electron chi connectivity index (χ1n) is 6.20. The average molecular weight is 330 g/mol. The summed E-state index contributed by atoms with van der Waals surface area (Å²) in [5.41, 5.74) is 2.50. The summed E-state index contributed by atoms with van der Waals surface area (Å²) in [6.45, 7) is 1.97. The van der Waals surface area contributed by atoms with E-state index in [0.29, 0.717) is 11.3 Å². The lowest BCUT2D eigenvalue weighted by atomic mass is 10.2. The van der Waals surface area contributed by atoms with Crippen molar-refractivity contribution in [3.8, 4) is 0 Å². The van der Waals surface area contributed by atoms with Crippen LogP contribution < -0.4 is 5.32 Å². The molecule has 0 aliphatic carbocycles. The van der Waals surface area contributed by atoms with Crippen molar-refractivity contribution >= 4 is 38.5 Å². The van der Waals surface area contributed by atoms with Gasteiger partial charge >= 0.3 is 0 Å². The molecule has 3 aromatic rings. The van der Waals surface area contributed by atoms with Crippen LogP contribution in [0.3, 0.4) is 0 Å². The number of carbonyl (C=O) groups excluding carboxylic acids is 1. The first-order chi connectivity index (χ1) is 9.65. The van der Waals surface area contributed by atoms with Crippen molar-refractivity contribution < 1.29 is 9.21 Å². The van der Waals surface area contributed by atoms with E-state index in [1.807, 2.05) is 49.4 Å². The van der Waals surface area contributed by atoms with Crippen molar-refractivity contribution in [1.29, 1.82) is 0 Å². The highest BCUT2D eigenvalue weighted by atomic mass is 79.9. The monoisotopic (exact) mass is 329 g/mol. The zero-order valence-corrected chi connectivity index (χ0v) is 12.4. The normalized spacial score (nSPS) is 10.7. The molecular weight excluding hydrogens is 318 g/mol. The molecule has 0 fully saturated rings. The van der Waals surface area contributed by atoms with Crippen LogP contribution in [0, 0.1) is 6.92 Å². The van der Waals surface area contributed by atoms with Gasteiger partial charge in [0.2, 0.25) is 0 Å². The van der Waals surface area contributed by atoms with Crippen molar-refractivity contribution in [2.75, 3.05) is 5.32 Å². The molecule has 1 amide bonds. The van der Waals surface area contributed by atoms with Gasteiger partial charge in [0.1, 0.15) is 5.58 Å². The van der Waals surface area contributed by atoms with E-state index in [0.717, 1.165) is 21.1 Å². The number of hydrogen-bond donors (Lipinski definition) is 1. The molecule has 0 radical (unpaired) electrons. The van der Waals surface area contributed by atoms with Gasteiger partial charge in [0.25, 0.3) is 5.91 Å². The number of hydrogen-bond acceptors (Lipinski definition) is 2. The van der Waals surface area contributed by atoms with E-state index >= 15 is 0 Å². The number of aryl methyl sites for hydroxylation is 1. The molecule has 3 nitrogen and oxygen atoms in total. The number of nitrogens with one attached hydrogen (secondary N) is 1. The zero-order chi connectivity index (χ0) is 14.1. The third-order valence-electron chi connectivity index (χ3n) is 3.09. The Bertz CT molecular complexity index is 759. The number of fused-ring (bicyclic) bond motifs is 1. The van der Waals surface area contributed by atoms with E-state index in [1.54, 1.807) is 6.07 Å². The Morgan fingerprint density at radius 2 is 1.95 bits per heavy atom. The predicted molar refractivity (Wildman–Crippen MR) is 83.0 cm³/mol. The van der Waals surface area contributed by atoms with Gasteiger partial charge in [-0.3, -0.25) is 4.79 Å². The summed E-state index contributed by atoms with van der Waals surface area (Å²) >= 11 is 3.47. The van der Waals surface area contributed by atoms with Crippen LogP contribution in [-0.4, -0.2) is 5.91 Å². The molecule has 0 spiro atoms. The summed E-state index contributed by atoms with van der Waals surface area (Å²) in [5, 5.41) is 3.77. The molecule has 20 heavy (non-hydrogen) atoms. The maximum Gasteiger partial charge on any atom is 0.291 e. The van der Waals surface area contributed by atoms with Gasteiger partial charge in [-0.05, 0) is 46.6 Å². The van der Waals surface area contributed by atoms with Crippen LogP contribution in [0.15, 0.2) is 57.4 Å². The summed E-state index contributed by atoms with van der Waals surface area (Å²) in [7, 11) is 0. The molecule has 0 unspecified atom stereocenters. The smallest absolute Gasteiger partial charge is 0.291 e. The first-order valence-corrected chi connectivity index (χ1v) is 6.99. The van der Waals surface area contributed by atoms with Gasteiger partial charge in [0.05, 0.1) is 5.69 Å². The molecule has 0 atom stereocenters. The molecule has 3 rings (SSSR count). The Balaban J connectivity index is 1.91. The Morgan fingerprint density at radius 3 is 2.75 bits per heavy atom. The number of para-hydroxylation sites is 1. The van der Waals surface area contributed by atoms with E-state index in [-0.39, 0.29) is 5.91 Å². The molecule has 0 bridgehead atoms. The number of carbonyl (C=O) groups is 1. The summed E-state index contributed by atoms with van der Waals surface area (Å²) in [6.07, 6.45) is 0. The van der Waals surface area contributed by atoms with E-state index < -0.39 is 0 Å². The molecule has 0 saturated carbocycles. The second-order valence-corrected chi connectivity index (χ2v) is 5.33. The van der Waals surface area contributed by atoms with Crippen LogP contribution in [0.2, 0.25) is 0 Å². The van der Waals surface area contributed by atoms with Gasteiger partial charge in [-0.25, -0.2) is 0 Å². The van der Waals surface area contributed by atoms with Crippen molar-refractivity contribution in [1.82, 2.24) is 0 Å². The van der Waals surface area contributed by atoms with Crippen LogP contribution in [0.1, 0.15) is 16.1 Å². The Morgan fingerprint density at radius 1 is 1.15 bits per heavy atom. The highest BCUT2D eigenvalue weighted by Gasteiger charge is 2.13. The molecule has 100 valence electrons. The van der Waals surface area contributed by atoms with Crippen LogP contribution >= 0.6 is 15.9 Å². The minimum Gasteiger partial charge on any atom is -0.451 e. The Hall–Kier alpha value is -2.07. The van der Waals surface area contributed by atoms with E-state index in [9.17, 15) is 4.79 Å². The zero-order valence-electron chi connectivity index (χ0n) is 10.8. The van der Waals surface area contributed by atoms with Crippen LogP contribution in [-0.2, 0) is 0 Å². The topological polar surface area (TPSA) is 42.2 Å². The quantitative estimate of drug-likeness (QED) is 0.736. The van der Waals surface area contributed by atoms with Crippen LogP contribution in [0.4, 0.5) is 5.69 Å². The summed E-state index contributed by atoms with van der Waals surface area (Å²) < 4.78 is 6.42. The molecule has 0 saturated heterocycles. The maximum absolute atomic E-state index is 12.2. The largest absolute Gasteiger partial charge is 0.451 e. The van der Waals surface area contributed by atoms with Gasteiger partial charge in [0, 0.05) is 9.86 Å². The fourth-order valence-corrected chi connectivity index (χ4v) is 2.39. The van der Waals surface area contributed by atoms with Gasteiger partial charge in [-0.15, -0.1) is 0 Å². The lowest BCUT2D eigenvalue weighted by Gasteiger charge is -2.07. The number of benzene rings is 2. The second-order valence-electron chi connectivity index (χ2n) is 4.54. The number of rotatable bonds is 2. The first kappa shape index (κ1) is 12.9. The second kappa shape index (κ2) is 5.13. The molecule has 2 aromatic carbocycles. The fourth-order valence-electron chi connectivity index (χ4n) is 2.02. The molecule has 4 heteroatoms. The third-order valence-corrected chi connectivity index (χ3v) is 4.14. The van der Waals surface area contributed by atoms with Crippen molar-refractivity contribution in [2.45, 2.75) is 6.92 Å². The standard InChI is InChI=1S/C16H12BrNO2/c1-10-5-4-7-12(15(10)17)18-16(19)14-9-11-6-2-3-8-13(11)20-14/h2-9H,1H3,(H,18,19). The third kappa shape index (κ3) is 2.34. The van der Waals surface area contributed by atoms with Crippen LogP contribution in [0.25, 0.3) is 11.0 Å². The summed E-state index contributed by atoms with van der Waals surface area (Å²) in [4.78, 5) is 12.2. The lowest BCUT2D eigenvalue weighted by molar-refractivity contribution is 0.0998. The van der Waals surface area contributed by atoms with Gasteiger partial charge in [-0.2, -0.15) is 0 Å². The number of anilines is 1. The van der Waals surface area contributed by atoms with Crippen molar-refractivity contribution in [3.05, 3.63) is 64.3 Å². The van der Waals surface area contributed by atoms with E-state index in [1.165, 1.54) is 0 Å². The number of amides is 1. The van der Waals surface area contributed by atoms with Gasteiger partial charge < -0.3 is 9.73 Å². The van der Waals surface area contributed by atoms with Gasteiger partial charge in [0.15, 0.2) is 5.76 Å². The van der Waals surface area contributed by atoms with E-state index in [2.05, 4.69) is 21.2 Å². The minimum atomic E-state index is -0.257. The Kier molecular flexibility index (Phi) is 3.32. The molecular formula is C16H12BrNO2. The van der Waals surface area contributed by atoms with Crippen molar-refractivity contribution in [3.63, 3.8) is 0 Å². The summed E-state index contributed by atoms with van der Waals surface area (Å²) in [5.74, 6) is 0.0482. The van der Waals surface area contributed by atoms with Crippen LogP contribution in [0.5, 0.6) is 0 Å². The highest BCUT2D eigenvalue weighted by Crippen LogP contribution is 2.27. The average Bonchev–Trinajstić information content (AvgIpc) is 2.88. The molecule has 0 aliphatic heterocycles. The predicted octanol–water partition coefficient (Wildman–Crippen LogP) is 4.76. The maximum atomic E-state index is 12.2. The molecule has 1 N–H and O–H groups in total. The highest BCUT2D eigenvalue weighted by molar-refractivity contribution is 9.10. The molecule has 1 heterocycles. The lowest BCUT2D eigenvalue weighted by Crippen LogP contribution is -2.11.